The highest BCUT2D eigenvalue weighted by atomic mass is 32.1. The van der Waals surface area contributed by atoms with Crippen molar-refractivity contribution in [2.75, 3.05) is 14.2 Å². The maximum absolute atomic E-state index is 12.2. The molecule has 1 aliphatic carbocycles. The van der Waals surface area contributed by atoms with E-state index in [0.29, 0.717) is 11.5 Å². The van der Waals surface area contributed by atoms with E-state index in [1.54, 1.807) is 44.6 Å². The summed E-state index contributed by atoms with van der Waals surface area (Å²) >= 11 is 5.02. The standard InChI is InChI=1S/C17H16O3S/c1-19-16-4-3-5-17(20-2)14(16)10-11-15(18)12-6-8-13(21)9-7-12/h3-12H,1-2H3/b11-10+. The number of methoxy groups -OCH3 is 2. The molecule has 0 unspecified atom stereocenters. The van der Waals surface area contributed by atoms with Gasteiger partial charge in [-0.1, -0.05) is 30.4 Å². The van der Waals surface area contributed by atoms with Gasteiger partial charge in [-0.05, 0) is 36.4 Å². The molecule has 0 bridgehead atoms. The van der Waals surface area contributed by atoms with Gasteiger partial charge in [0.2, 0.25) is 0 Å². The van der Waals surface area contributed by atoms with Crippen molar-refractivity contribution in [3.8, 4) is 11.5 Å². The molecule has 1 aliphatic rings. The first kappa shape index (κ1) is 15.2. The molecule has 0 heterocycles. The molecule has 0 amide bonds. The van der Waals surface area contributed by atoms with Crippen LogP contribution in [0.5, 0.6) is 11.5 Å². The van der Waals surface area contributed by atoms with Gasteiger partial charge in [-0.15, -0.1) is 0 Å². The molecule has 0 saturated heterocycles. The summed E-state index contributed by atoms with van der Waals surface area (Å²) in [7, 11) is 3.17. The van der Waals surface area contributed by atoms with Gasteiger partial charge in [0, 0.05) is 4.86 Å². The Bertz CT molecular complexity index is 603. The Balaban J connectivity index is 2.21. The second-order valence-electron chi connectivity index (χ2n) is 4.46. The van der Waals surface area contributed by atoms with Crippen molar-refractivity contribution in [1.29, 1.82) is 0 Å². The quantitative estimate of drug-likeness (QED) is 0.617. The zero-order valence-electron chi connectivity index (χ0n) is 11.9. The van der Waals surface area contributed by atoms with E-state index in [1.807, 2.05) is 18.2 Å². The average molecular weight is 300 g/mol. The molecule has 0 N–H and O–H groups in total. The Labute approximate surface area is 129 Å². The van der Waals surface area contributed by atoms with E-state index in [2.05, 4.69) is 0 Å². The number of hydrogen-bond donors (Lipinski definition) is 0. The molecule has 0 spiro atoms. The number of hydrogen-bond acceptors (Lipinski definition) is 4. The molecule has 0 aromatic heterocycles. The number of allylic oxidation sites excluding steroid dienone is 5. The first-order valence-corrected chi connectivity index (χ1v) is 6.90. The van der Waals surface area contributed by atoms with Crippen LogP contribution in [-0.4, -0.2) is 24.9 Å². The predicted octanol–water partition coefficient (Wildman–Crippen LogP) is 3.40. The van der Waals surface area contributed by atoms with E-state index in [-0.39, 0.29) is 11.7 Å². The molecule has 0 saturated carbocycles. The molecule has 3 nitrogen and oxygen atoms in total. The van der Waals surface area contributed by atoms with Gasteiger partial charge in [-0.2, -0.15) is 0 Å². The molecule has 1 aromatic carbocycles. The summed E-state index contributed by atoms with van der Waals surface area (Å²) in [6, 6.07) is 5.49. The Morgan fingerprint density at radius 3 is 2.24 bits per heavy atom. The predicted molar refractivity (Wildman–Crippen MR) is 88.0 cm³/mol. The van der Waals surface area contributed by atoms with Gasteiger partial charge >= 0.3 is 0 Å². The molecule has 4 heteroatoms. The van der Waals surface area contributed by atoms with Crippen LogP contribution in [0.25, 0.3) is 6.08 Å². The Kier molecular flexibility index (Phi) is 5.06. The minimum absolute atomic E-state index is 0.0158. The van der Waals surface area contributed by atoms with Crippen molar-refractivity contribution in [2.45, 2.75) is 0 Å². The highest BCUT2D eigenvalue weighted by Crippen LogP contribution is 2.29. The van der Waals surface area contributed by atoms with E-state index in [0.717, 1.165) is 10.4 Å². The molecular weight excluding hydrogens is 284 g/mol. The number of ether oxygens (including phenoxy) is 2. The molecule has 0 radical (unpaired) electrons. The van der Waals surface area contributed by atoms with Crippen molar-refractivity contribution >= 4 is 28.9 Å². The molecular formula is C17H16O3S. The van der Waals surface area contributed by atoms with Crippen molar-refractivity contribution in [1.82, 2.24) is 0 Å². The highest BCUT2D eigenvalue weighted by Gasteiger charge is 2.13. The van der Waals surface area contributed by atoms with Gasteiger partial charge < -0.3 is 9.47 Å². The minimum Gasteiger partial charge on any atom is -0.496 e. The first-order valence-electron chi connectivity index (χ1n) is 6.49. The largest absolute Gasteiger partial charge is 0.496 e. The second-order valence-corrected chi connectivity index (χ2v) is 4.93. The van der Waals surface area contributed by atoms with Crippen LogP contribution in [0.4, 0.5) is 0 Å². The summed E-state index contributed by atoms with van der Waals surface area (Å²) in [5.41, 5.74) is 0.745. The van der Waals surface area contributed by atoms with E-state index in [4.69, 9.17) is 21.7 Å². The van der Waals surface area contributed by atoms with Crippen LogP contribution in [0.3, 0.4) is 0 Å². The summed E-state index contributed by atoms with van der Waals surface area (Å²) in [4.78, 5) is 12.9. The Morgan fingerprint density at radius 2 is 1.71 bits per heavy atom. The summed E-state index contributed by atoms with van der Waals surface area (Å²) in [6.45, 7) is 0. The third-order valence-corrected chi connectivity index (χ3v) is 3.42. The van der Waals surface area contributed by atoms with Gasteiger partial charge in [0.25, 0.3) is 0 Å². The number of rotatable bonds is 5. The SMILES string of the molecule is COc1cccc(OC)c1/C=C/C(=O)C1C=CC(=S)C=C1. The highest BCUT2D eigenvalue weighted by molar-refractivity contribution is 7.81. The van der Waals surface area contributed by atoms with Crippen LogP contribution < -0.4 is 9.47 Å². The van der Waals surface area contributed by atoms with Crippen molar-refractivity contribution < 1.29 is 14.3 Å². The summed E-state index contributed by atoms with van der Waals surface area (Å²) < 4.78 is 10.6. The van der Waals surface area contributed by atoms with Gasteiger partial charge in [0.05, 0.1) is 25.7 Å². The van der Waals surface area contributed by atoms with Crippen LogP contribution >= 0.6 is 12.2 Å². The molecule has 0 aliphatic heterocycles. The maximum Gasteiger partial charge on any atom is 0.166 e. The number of benzene rings is 1. The normalized spacial score (nSPS) is 14.7. The lowest BCUT2D eigenvalue weighted by Crippen LogP contribution is -2.09. The monoisotopic (exact) mass is 300 g/mol. The number of ketones is 1. The van der Waals surface area contributed by atoms with E-state index >= 15 is 0 Å². The van der Waals surface area contributed by atoms with Gasteiger partial charge in [0.15, 0.2) is 5.78 Å². The molecule has 108 valence electrons. The van der Waals surface area contributed by atoms with E-state index in [1.165, 1.54) is 6.08 Å². The van der Waals surface area contributed by atoms with Gasteiger partial charge in [0.1, 0.15) is 11.5 Å². The molecule has 0 fully saturated rings. The smallest absolute Gasteiger partial charge is 0.166 e. The first-order chi connectivity index (χ1) is 10.2. The number of thiocarbonyl (C=S) groups is 1. The lowest BCUT2D eigenvalue weighted by molar-refractivity contribution is -0.115. The third kappa shape index (κ3) is 3.67. The average Bonchev–Trinajstić information content (AvgIpc) is 2.52. The van der Waals surface area contributed by atoms with Crippen LogP contribution in [-0.2, 0) is 4.79 Å². The number of carbonyl (C=O) groups excluding carboxylic acids is 1. The lowest BCUT2D eigenvalue weighted by atomic mass is 9.97. The summed E-state index contributed by atoms with van der Waals surface area (Å²) in [5.74, 6) is 1.04. The van der Waals surface area contributed by atoms with E-state index in [9.17, 15) is 4.79 Å². The van der Waals surface area contributed by atoms with Crippen molar-refractivity contribution in [3.63, 3.8) is 0 Å². The fourth-order valence-corrected chi connectivity index (χ4v) is 2.18. The maximum atomic E-state index is 12.2. The van der Waals surface area contributed by atoms with Crippen LogP contribution in [0.2, 0.25) is 0 Å². The van der Waals surface area contributed by atoms with Crippen LogP contribution in [0, 0.1) is 5.92 Å². The molecule has 21 heavy (non-hydrogen) atoms. The van der Waals surface area contributed by atoms with Gasteiger partial charge in [-0.25, -0.2) is 0 Å². The van der Waals surface area contributed by atoms with Crippen LogP contribution in [0.1, 0.15) is 5.56 Å². The van der Waals surface area contributed by atoms with Crippen molar-refractivity contribution in [3.05, 3.63) is 54.1 Å². The Hall–Kier alpha value is -2.20. The van der Waals surface area contributed by atoms with E-state index < -0.39 is 0 Å². The third-order valence-electron chi connectivity index (χ3n) is 3.14. The fourth-order valence-electron chi connectivity index (χ4n) is 2.03. The number of carbonyl (C=O) groups is 1. The summed E-state index contributed by atoms with van der Waals surface area (Å²) in [5, 5.41) is 0. The van der Waals surface area contributed by atoms with Gasteiger partial charge in [-0.3, -0.25) is 4.79 Å². The lowest BCUT2D eigenvalue weighted by Gasteiger charge is -2.10. The summed E-state index contributed by atoms with van der Waals surface area (Å²) in [6.07, 6.45) is 10.4. The molecule has 0 atom stereocenters. The molecule has 2 rings (SSSR count). The van der Waals surface area contributed by atoms with Crippen LogP contribution in [0.15, 0.2) is 48.6 Å². The topological polar surface area (TPSA) is 35.5 Å². The zero-order chi connectivity index (χ0) is 15.2. The second kappa shape index (κ2) is 6.99. The zero-order valence-corrected chi connectivity index (χ0v) is 12.7. The minimum atomic E-state index is -0.270. The van der Waals surface area contributed by atoms with Crippen molar-refractivity contribution in [2.24, 2.45) is 5.92 Å². The molecule has 1 aromatic rings. The fraction of sp³-hybridized carbons (Fsp3) is 0.176. The Morgan fingerprint density at radius 1 is 1.14 bits per heavy atom.